The summed E-state index contributed by atoms with van der Waals surface area (Å²) in [5.74, 6) is -0.208. The van der Waals surface area contributed by atoms with E-state index >= 15 is 0 Å². The lowest BCUT2D eigenvalue weighted by molar-refractivity contribution is -0.180. The van der Waals surface area contributed by atoms with E-state index in [1.807, 2.05) is 0 Å². The van der Waals surface area contributed by atoms with Gasteiger partial charge >= 0.3 is 0 Å². The highest BCUT2D eigenvalue weighted by atomic mass is 16.7. The predicted octanol–water partition coefficient (Wildman–Crippen LogP) is 2.06. The number of rotatable bonds is 4. The fourth-order valence-electron chi connectivity index (χ4n) is 4.61. The molecule has 6 nitrogen and oxygen atoms in total. The lowest BCUT2D eigenvalue weighted by Crippen LogP contribution is -2.48. The van der Waals surface area contributed by atoms with Crippen LogP contribution in [-0.4, -0.2) is 53.5 Å². The largest absolute Gasteiger partial charge is 0.352 e. The Kier molecular flexibility index (Phi) is 4.84. The van der Waals surface area contributed by atoms with Crippen molar-refractivity contribution in [2.45, 2.75) is 63.4 Å². The third-order valence-electron chi connectivity index (χ3n) is 5.93. The number of nitrogens with one attached hydrogen (secondary N) is 1. The maximum Gasteiger partial charge on any atom is 0.234 e. The van der Waals surface area contributed by atoms with Gasteiger partial charge in [-0.05, 0) is 31.4 Å². The molecule has 3 aliphatic rings. The molecule has 6 heteroatoms. The summed E-state index contributed by atoms with van der Waals surface area (Å²) in [6, 6.07) is 4.87. The van der Waals surface area contributed by atoms with E-state index in [-0.39, 0.29) is 17.7 Å². The number of nitrogens with zero attached hydrogens (tertiary/aromatic N) is 2. The Hall–Kier alpha value is -1.37. The Labute approximate surface area is 149 Å². The van der Waals surface area contributed by atoms with Crippen molar-refractivity contribution in [2.24, 2.45) is 0 Å². The maximum absolute atomic E-state index is 12.6. The Morgan fingerprint density at radius 1 is 1.28 bits per heavy atom. The zero-order valence-electron chi connectivity index (χ0n) is 15.1. The number of amides is 1. The van der Waals surface area contributed by atoms with Gasteiger partial charge in [0, 0.05) is 43.9 Å². The zero-order chi connectivity index (χ0) is 17.3. The summed E-state index contributed by atoms with van der Waals surface area (Å²) in [4.78, 5) is 14.9. The normalized spacial score (nSPS) is 26.7. The molecule has 25 heavy (non-hydrogen) atoms. The predicted molar refractivity (Wildman–Crippen MR) is 94.1 cm³/mol. The van der Waals surface area contributed by atoms with Crippen molar-refractivity contribution < 1.29 is 14.3 Å². The van der Waals surface area contributed by atoms with Gasteiger partial charge in [-0.1, -0.05) is 6.92 Å². The van der Waals surface area contributed by atoms with Crippen LogP contribution in [-0.2, 0) is 20.8 Å². The summed E-state index contributed by atoms with van der Waals surface area (Å²) in [7, 11) is 0. The lowest BCUT2D eigenvalue weighted by atomic mass is 9.90. The first-order valence-corrected chi connectivity index (χ1v) is 9.65. The second-order valence-corrected chi connectivity index (χ2v) is 7.47. The fraction of sp³-hybridized carbons (Fsp3) is 0.737. The van der Waals surface area contributed by atoms with Gasteiger partial charge in [0.2, 0.25) is 5.91 Å². The minimum atomic E-state index is -0.354. The third-order valence-corrected chi connectivity index (χ3v) is 5.93. The minimum Gasteiger partial charge on any atom is -0.352 e. The molecule has 1 aliphatic carbocycles. The van der Waals surface area contributed by atoms with Crippen LogP contribution in [0.3, 0.4) is 0 Å². The summed E-state index contributed by atoms with van der Waals surface area (Å²) >= 11 is 0. The van der Waals surface area contributed by atoms with Gasteiger partial charge in [-0.25, -0.2) is 0 Å². The Balaban J connectivity index is 1.29. The van der Waals surface area contributed by atoms with E-state index in [1.165, 1.54) is 5.69 Å². The van der Waals surface area contributed by atoms with Crippen molar-refractivity contribution in [3.05, 3.63) is 24.0 Å². The lowest BCUT2D eigenvalue weighted by Gasteiger charge is -2.38. The van der Waals surface area contributed by atoms with Crippen LogP contribution in [0.5, 0.6) is 0 Å². The van der Waals surface area contributed by atoms with Gasteiger partial charge in [0.1, 0.15) is 0 Å². The molecule has 1 saturated carbocycles. The average molecular weight is 347 g/mol. The van der Waals surface area contributed by atoms with Crippen LogP contribution in [0.1, 0.15) is 50.8 Å². The molecule has 1 atom stereocenters. The van der Waals surface area contributed by atoms with Crippen molar-refractivity contribution in [3.8, 4) is 0 Å². The first-order chi connectivity index (χ1) is 12.2. The zero-order valence-corrected chi connectivity index (χ0v) is 15.1. The summed E-state index contributed by atoms with van der Waals surface area (Å²) in [5.41, 5.74) is 1.33. The van der Waals surface area contributed by atoms with Crippen LogP contribution >= 0.6 is 0 Å². The molecule has 0 unspecified atom stereocenters. The fourth-order valence-corrected chi connectivity index (χ4v) is 4.61. The summed E-state index contributed by atoms with van der Waals surface area (Å²) < 4.78 is 13.8. The Morgan fingerprint density at radius 3 is 2.76 bits per heavy atom. The van der Waals surface area contributed by atoms with Crippen molar-refractivity contribution in [3.63, 3.8) is 0 Å². The summed E-state index contributed by atoms with van der Waals surface area (Å²) in [5, 5.41) is 3.24. The van der Waals surface area contributed by atoms with Gasteiger partial charge < -0.3 is 19.4 Å². The second kappa shape index (κ2) is 7.09. The molecule has 0 bridgehead atoms. The molecule has 4 rings (SSSR count). The van der Waals surface area contributed by atoms with Gasteiger partial charge in [-0.15, -0.1) is 0 Å². The molecule has 2 fully saturated rings. The number of aromatic nitrogens is 1. The first-order valence-electron chi connectivity index (χ1n) is 9.65. The van der Waals surface area contributed by atoms with Gasteiger partial charge in [-0.2, -0.15) is 0 Å². The maximum atomic E-state index is 12.6. The Bertz CT molecular complexity index is 599. The molecule has 1 spiro atoms. The average Bonchev–Trinajstić information content (AvgIpc) is 3.27. The molecule has 0 aromatic carbocycles. The van der Waals surface area contributed by atoms with Gasteiger partial charge in [0.15, 0.2) is 5.79 Å². The number of fused-ring (bicyclic) bond motifs is 1. The number of hydrogen-bond acceptors (Lipinski definition) is 4. The molecule has 1 saturated heterocycles. The topological polar surface area (TPSA) is 55.7 Å². The number of carbonyl (C=O) groups excluding carboxylic acids is 1. The van der Waals surface area contributed by atoms with Crippen LogP contribution in [0.4, 0.5) is 0 Å². The van der Waals surface area contributed by atoms with E-state index in [0.717, 1.165) is 45.2 Å². The SMILES string of the molecule is CC[C@H]1c2cccn2CCN1CC(=O)NC1CCC2(CC1)OCCO2. The van der Waals surface area contributed by atoms with Gasteiger partial charge in [0.25, 0.3) is 0 Å². The smallest absolute Gasteiger partial charge is 0.234 e. The van der Waals surface area contributed by atoms with Crippen LogP contribution in [0.15, 0.2) is 18.3 Å². The van der Waals surface area contributed by atoms with Gasteiger partial charge in [0.05, 0.1) is 25.8 Å². The van der Waals surface area contributed by atoms with Crippen LogP contribution in [0.25, 0.3) is 0 Å². The van der Waals surface area contributed by atoms with E-state index in [0.29, 0.717) is 25.8 Å². The first kappa shape index (κ1) is 17.1. The van der Waals surface area contributed by atoms with E-state index in [4.69, 9.17) is 9.47 Å². The standard InChI is InChI=1S/C19H29N3O3/c1-2-16-17-4-3-9-21(17)10-11-22(16)14-18(23)20-15-5-7-19(8-6-15)24-12-13-25-19/h3-4,9,15-16H,2,5-8,10-14H2,1H3,(H,20,23)/t16-/m0/s1. The van der Waals surface area contributed by atoms with E-state index in [2.05, 4.69) is 40.0 Å². The molecule has 1 aromatic heterocycles. The molecular formula is C19H29N3O3. The van der Waals surface area contributed by atoms with E-state index in [1.54, 1.807) is 0 Å². The van der Waals surface area contributed by atoms with Crippen molar-refractivity contribution >= 4 is 5.91 Å². The monoisotopic (exact) mass is 347 g/mol. The molecule has 3 heterocycles. The van der Waals surface area contributed by atoms with Crippen LogP contribution in [0.2, 0.25) is 0 Å². The second-order valence-electron chi connectivity index (χ2n) is 7.47. The molecule has 2 aliphatic heterocycles. The minimum absolute atomic E-state index is 0.146. The van der Waals surface area contributed by atoms with Crippen molar-refractivity contribution in [1.29, 1.82) is 0 Å². The van der Waals surface area contributed by atoms with Crippen LogP contribution < -0.4 is 5.32 Å². The molecule has 1 aromatic rings. The molecule has 1 amide bonds. The Morgan fingerprint density at radius 2 is 2.04 bits per heavy atom. The van der Waals surface area contributed by atoms with E-state index < -0.39 is 0 Å². The van der Waals surface area contributed by atoms with Crippen molar-refractivity contribution in [1.82, 2.24) is 14.8 Å². The molecule has 0 radical (unpaired) electrons. The quantitative estimate of drug-likeness (QED) is 0.906. The molecule has 138 valence electrons. The number of hydrogen-bond donors (Lipinski definition) is 1. The van der Waals surface area contributed by atoms with E-state index in [9.17, 15) is 4.79 Å². The van der Waals surface area contributed by atoms with Crippen LogP contribution in [0, 0.1) is 0 Å². The third kappa shape index (κ3) is 3.48. The molecule has 1 N–H and O–H groups in total. The summed E-state index contributed by atoms with van der Waals surface area (Å²) in [6.07, 6.45) is 6.80. The van der Waals surface area contributed by atoms with Gasteiger partial charge in [-0.3, -0.25) is 9.69 Å². The number of carbonyl (C=O) groups is 1. The summed E-state index contributed by atoms with van der Waals surface area (Å²) in [6.45, 7) is 5.98. The highest BCUT2D eigenvalue weighted by Gasteiger charge is 2.40. The highest BCUT2D eigenvalue weighted by molar-refractivity contribution is 5.78. The highest BCUT2D eigenvalue weighted by Crippen LogP contribution is 2.35. The number of ether oxygens (including phenoxy) is 2. The van der Waals surface area contributed by atoms with Crippen molar-refractivity contribution in [2.75, 3.05) is 26.3 Å². The molecular weight excluding hydrogens is 318 g/mol.